The molecule has 1 unspecified atom stereocenters. The van der Waals surface area contributed by atoms with E-state index in [-0.39, 0.29) is 35.5 Å². The van der Waals surface area contributed by atoms with Crippen LogP contribution < -0.4 is 9.62 Å². The monoisotopic (exact) mass is 679 g/mol. The molecule has 2 amide bonds. The number of carbonyl (C=O) groups excluding carboxylic acids is 2. The summed E-state index contributed by atoms with van der Waals surface area (Å²) in [5.41, 5.74) is 2.77. The molecule has 0 bridgehead atoms. The maximum atomic E-state index is 14.4. The van der Waals surface area contributed by atoms with E-state index >= 15 is 0 Å². The molecule has 44 heavy (non-hydrogen) atoms. The SMILES string of the molecule is Cc1ccc(N(CC(=O)N(Cc2cccc(Br)c2)C(Cc2ccccc2)C(=O)NC(C)C)S(=O)(=O)c2ccc(F)cc2)cc1. The van der Waals surface area contributed by atoms with Gasteiger partial charge in [-0.2, -0.15) is 0 Å². The lowest BCUT2D eigenvalue weighted by atomic mass is 10.0. The van der Waals surface area contributed by atoms with Crippen LogP contribution in [0.2, 0.25) is 0 Å². The van der Waals surface area contributed by atoms with Crippen molar-refractivity contribution in [2.75, 3.05) is 10.8 Å². The Balaban J connectivity index is 1.80. The number of amides is 2. The summed E-state index contributed by atoms with van der Waals surface area (Å²) in [5.74, 6) is -1.51. The number of aryl methyl sites for hydroxylation is 1. The summed E-state index contributed by atoms with van der Waals surface area (Å²) in [7, 11) is -4.30. The third-order valence-corrected chi connectivity index (χ3v) is 9.23. The Labute approximate surface area is 266 Å². The Hall–Kier alpha value is -4.02. The number of halogens is 2. The van der Waals surface area contributed by atoms with Gasteiger partial charge in [0.05, 0.1) is 10.6 Å². The van der Waals surface area contributed by atoms with E-state index in [2.05, 4.69) is 21.2 Å². The van der Waals surface area contributed by atoms with Crippen LogP contribution in [0.15, 0.2) is 112 Å². The summed E-state index contributed by atoms with van der Waals surface area (Å²) < 4.78 is 43.5. The molecule has 4 aromatic rings. The van der Waals surface area contributed by atoms with Gasteiger partial charge < -0.3 is 10.2 Å². The molecule has 0 spiro atoms. The molecule has 0 saturated carbocycles. The van der Waals surface area contributed by atoms with Crippen LogP contribution in [0.5, 0.6) is 0 Å². The van der Waals surface area contributed by atoms with Gasteiger partial charge in [-0.25, -0.2) is 12.8 Å². The van der Waals surface area contributed by atoms with Crippen LogP contribution in [-0.2, 0) is 32.6 Å². The molecule has 0 heterocycles. The first-order chi connectivity index (χ1) is 20.9. The van der Waals surface area contributed by atoms with Gasteiger partial charge in [0.2, 0.25) is 11.8 Å². The molecular weight excluding hydrogens is 645 g/mol. The Bertz CT molecular complexity index is 1680. The van der Waals surface area contributed by atoms with E-state index < -0.39 is 34.3 Å². The van der Waals surface area contributed by atoms with Gasteiger partial charge in [0.15, 0.2) is 0 Å². The van der Waals surface area contributed by atoms with Gasteiger partial charge in [0, 0.05) is 23.5 Å². The molecule has 0 aliphatic carbocycles. The zero-order valence-corrected chi connectivity index (χ0v) is 27.2. The number of nitrogens with zero attached hydrogens (tertiary/aromatic N) is 2. The van der Waals surface area contributed by atoms with Crippen molar-refractivity contribution < 1.29 is 22.4 Å². The lowest BCUT2D eigenvalue weighted by Crippen LogP contribution is -2.54. The number of rotatable bonds is 12. The third kappa shape index (κ3) is 8.54. The van der Waals surface area contributed by atoms with E-state index in [1.54, 1.807) is 24.3 Å². The van der Waals surface area contributed by atoms with Gasteiger partial charge in [0.25, 0.3) is 10.0 Å². The van der Waals surface area contributed by atoms with Gasteiger partial charge in [-0.15, -0.1) is 0 Å². The third-order valence-electron chi connectivity index (χ3n) is 6.95. The number of hydrogen-bond acceptors (Lipinski definition) is 4. The second kappa shape index (κ2) is 14.6. The summed E-state index contributed by atoms with van der Waals surface area (Å²) in [6.07, 6.45) is 0.217. The molecule has 0 fully saturated rings. The van der Waals surface area contributed by atoms with Crippen molar-refractivity contribution >= 4 is 43.5 Å². The maximum Gasteiger partial charge on any atom is 0.264 e. The van der Waals surface area contributed by atoms with Crippen molar-refractivity contribution in [3.05, 3.63) is 130 Å². The molecule has 0 saturated heterocycles. The first-order valence-electron chi connectivity index (χ1n) is 14.2. The highest BCUT2D eigenvalue weighted by atomic mass is 79.9. The van der Waals surface area contributed by atoms with Crippen molar-refractivity contribution in [2.45, 2.75) is 50.7 Å². The summed E-state index contributed by atoms with van der Waals surface area (Å²) in [6.45, 7) is 5.02. The highest BCUT2D eigenvalue weighted by Gasteiger charge is 2.34. The molecule has 7 nitrogen and oxygen atoms in total. The van der Waals surface area contributed by atoms with Crippen molar-refractivity contribution in [3.8, 4) is 0 Å². The fourth-order valence-electron chi connectivity index (χ4n) is 4.74. The van der Waals surface area contributed by atoms with Gasteiger partial charge in [0.1, 0.15) is 18.4 Å². The summed E-state index contributed by atoms with van der Waals surface area (Å²) >= 11 is 3.48. The average Bonchev–Trinajstić information content (AvgIpc) is 2.98. The minimum Gasteiger partial charge on any atom is -0.352 e. The molecule has 1 atom stereocenters. The van der Waals surface area contributed by atoms with Crippen molar-refractivity contribution in [1.29, 1.82) is 0 Å². The Morgan fingerprint density at radius 1 is 0.864 bits per heavy atom. The molecule has 0 radical (unpaired) electrons. The zero-order chi connectivity index (χ0) is 31.9. The molecule has 4 aromatic carbocycles. The van der Waals surface area contributed by atoms with Crippen LogP contribution >= 0.6 is 15.9 Å². The standard InChI is InChI=1S/C34H35BrFN3O4S/c1-24(2)37-34(41)32(21-26-8-5-4-6-9-26)38(22-27-10-7-11-28(35)20-27)33(40)23-39(30-16-12-25(3)13-17-30)44(42,43)31-18-14-29(36)15-19-31/h4-20,24,32H,21-23H2,1-3H3,(H,37,41). The predicted octanol–water partition coefficient (Wildman–Crippen LogP) is 6.26. The number of nitrogens with one attached hydrogen (secondary N) is 1. The Morgan fingerprint density at radius 2 is 1.50 bits per heavy atom. The number of hydrogen-bond donors (Lipinski definition) is 1. The van der Waals surface area contributed by atoms with E-state index in [4.69, 9.17) is 0 Å². The minimum absolute atomic E-state index is 0.0552. The number of carbonyl (C=O) groups is 2. The van der Waals surface area contributed by atoms with E-state index in [0.29, 0.717) is 0 Å². The molecule has 230 valence electrons. The van der Waals surface area contributed by atoms with Crippen LogP contribution in [-0.4, -0.2) is 43.8 Å². The van der Waals surface area contributed by atoms with Crippen molar-refractivity contribution in [2.24, 2.45) is 0 Å². The normalized spacial score (nSPS) is 12.0. The fraction of sp³-hybridized carbons (Fsp3) is 0.235. The molecule has 0 aliphatic rings. The van der Waals surface area contributed by atoms with Crippen LogP contribution in [0.25, 0.3) is 0 Å². The van der Waals surface area contributed by atoms with E-state index in [0.717, 1.165) is 37.6 Å². The average molecular weight is 681 g/mol. The number of benzene rings is 4. The van der Waals surface area contributed by atoms with Crippen LogP contribution in [0.4, 0.5) is 10.1 Å². The number of anilines is 1. The molecule has 0 aliphatic heterocycles. The Morgan fingerprint density at radius 3 is 2.11 bits per heavy atom. The number of sulfonamides is 1. The van der Waals surface area contributed by atoms with Crippen LogP contribution in [0.3, 0.4) is 0 Å². The molecule has 4 rings (SSSR count). The lowest BCUT2D eigenvalue weighted by Gasteiger charge is -2.34. The first kappa shape index (κ1) is 32.9. The minimum atomic E-state index is -4.30. The summed E-state index contributed by atoms with van der Waals surface area (Å²) in [4.78, 5) is 29.4. The molecule has 1 N–H and O–H groups in total. The van der Waals surface area contributed by atoms with E-state index in [9.17, 15) is 22.4 Å². The molecular formula is C34H35BrFN3O4S. The quantitative estimate of drug-likeness (QED) is 0.192. The predicted molar refractivity (Wildman–Crippen MR) is 174 cm³/mol. The smallest absolute Gasteiger partial charge is 0.264 e. The molecule has 10 heteroatoms. The lowest BCUT2D eigenvalue weighted by molar-refractivity contribution is -0.140. The van der Waals surface area contributed by atoms with Gasteiger partial charge in [-0.3, -0.25) is 13.9 Å². The second-order valence-corrected chi connectivity index (χ2v) is 13.6. The summed E-state index contributed by atoms with van der Waals surface area (Å²) in [6, 6.07) is 26.8. The summed E-state index contributed by atoms with van der Waals surface area (Å²) in [5, 5.41) is 2.94. The maximum absolute atomic E-state index is 14.4. The fourth-order valence-corrected chi connectivity index (χ4v) is 6.60. The van der Waals surface area contributed by atoms with Gasteiger partial charge >= 0.3 is 0 Å². The van der Waals surface area contributed by atoms with Crippen LogP contribution in [0.1, 0.15) is 30.5 Å². The first-order valence-corrected chi connectivity index (χ1v) is 16.4. The second-order valence-electron chi connectivity index (χ2n) is 10.8. The van der Waals surface area contributed by atoms with Crippen molar-refractivity contribution in [1.82, 2.24) is 10.2 Å². The largest absolute Gasteiger partial charge is 0.352 e. The van der Waals surface area contributed by atoms with E-state index in [1.165, 1.54) is 17.0 Å². The van der Waals surface area contributed by atoms with Gasteiger partial charge in [-0.05, 0) is 80.4 Å². The highest BCUT2D eigenvalue weighted by Crippen LogP contribution is 2.26. The van der Waals surface area contributed by atoms with E-state index in [1.807, 2.05) is 75.4 Å². The highest BCUT2D eigenvalue weighted by molar-refractivity contribution is 9.10. The van der Waals surface area contributed by atoms with Gasteiger partial charge in [-0.1, -0.05) is 76.1 Å². The molecule has 0 aromatic heterocycles. The topological polar surface area (TPSA) is 86.8 Å². The van der Waals surface area contributed by atoms with Crippen molar-refractivity contribution in [3.63, 3.8) is 0 Å². The zero-order valence-electron chi connectivity index (χ0n) is 24.8. The Kier molecular flexibility index (Phi) is 10.9. The van der Waals surface area contributed by atoms with Crippen LogP contribution in [0, 0.1) is 12.7 Å².